The minimum atomic E-state index is 0.0207. The molecule has 0 N–H and O–H groups in total. The van der Waals surface area contributed by atoms with E-state index in [1.54, 1.807) is 0 Å². The third-order valence-electron chi connectivity index (χ3n) is 4.11. The van der Waals surface area contributed by atoms with Gasteiger partial charge in [0.2, 0.25) is 0 Å². The number of hydrogen-bond donors (Lipinski definition) is 0. The molecule has 1 aromatic rings. The van der Waals surface area contributed by atoms with E-state index in [2.05, 4.69) is 18.7 Å². The van der Waals surface area contributed by atoms with E-state index >= 15 is 0 Å². The summed E-state index contributed by atoms with van der Waals surface area (Å²) < 4.78 is 0. The maximum absolute atomic E-state index is 12.5. The van der Waals surface area contributed by atoms with Crippen LogP contribution in [-0.2, 0) is 0 Å². The summed E-state index contributed by atoms with van der Waals surface area (Å²) in [6, 6.07) is 6.06. The van der Waals surface area contributed by atoms with Gasteiger partial charge in [-0.25, -0.2) is 0 Å². The summed E-state index contributed by atoms with van der Waals surface area (Å²) in [6.45, 7) is 8.33. The Labute approximate surface area is 110 Å². The molecule has 98 valence electrons. The van der Waals surface area contributed by atoms with Crippen molar-refractivity contribution in [1.29, 1.82) is 0 Å². The standard InChI is InChI=1S/C16H23NO/c1-12-7-8-15(11-13(12)2)16(18)14(3)17-9-5-4-6-10-17/h7-8,11,14H,4-6,9-10H2,1-3H3. The normalized spacial score (nSPS) is 18.6. The van der Waals surface area contributed by atoms with E-state index in [-0.39, 0.29) is 11.8 Å². The van der Waals surface area contributed by atoms with E-state index in [9.17, 15) is 4.79 Å². The molecular weight excluding hydrogens is 222 g/mol. The fraction of sp³-hybridized carbons (Fsp3) is 0.562. The van der Waals surface area contributed by atoms with Crippen LogP contribution in [0.3, 0.4) is 0 Å². The van der Waals surface area contributed by atoms with Crippen LogP contribution in [0.25, 0.3) is 0 Å². The summed E-state index contributed by atoms with van der Waals surface area (Å²) in [6.07, 6.45) is 3.76. The molecule has 0 saturated carbocycles. The molecule has 0 aliphatic carbocycles. The molecule has 0 bridgehead atoms. The van der Waals surface area contributed by atoms with E-state index in [4.69, 9.17) is 0 Å². The number of piperidine rings is 1. The van der Waals surface area contributed by atoms with Crippen molar-refractivity contribution in [2.75, 3.05) is 13.1 Å². The fourth-order valence-electron chi connectivity index (χ4n) is 2.61. The quantitative estimate of drug-likeness (QED) is 0.761. The van der Waals surface area contributed by atoms with Crippen molar-refractivity contribution < 1.29 is 4.79 Å². The monoisotopic (exact) mass is 245 g/mol. The molecule has 0 aromatic heterocycles. The lowest BCUT2D eigenvalue weighted by molar-refractivity contribution is 0.0809. The van der Waals surface area contributed by atoms with Crippen LogP contribution in [0.1, 0.15) is 47.7 Å². The van der Waals surface area contributed by atoms with Gasteiger partial charge in [-0.05, 0) is 63.9 Å². The number of aryl methyl sites for hydroxylation is 2. The second-order valence-corrected chi connectivity index (χ2v) is 5.44. The predicted octanol–water partition coefficient (Wildman–Crippen LogP) is 3.36. The van der Waals surface area contributed by atoms with Crippen molar-refractivity contribution in [2.45, 2.75) is 46.1 Å². The molecule has 0 amide bonds. The van der Waals surface area contributed by atoms with Crippen molar-refractivity contribution in [3.8, 4) is 0 Å². The highest BCUT2D eigenvalue weighted by Gasteiger charge is 2.23. The number of benzene rings is 1. The highest BCUT2D eigenvalue weighted by atomic mass is 16.1. The second-order valence-electron chi connectivity index (χ2n) is 5.44. The van der Waals surface area contributed by atoms with Crippen molar-refractivity contribution in [3.63, 3.8) is 0 Å². The van der Waals surface area contributed by atoms with Crippen molar-refractivity contribution in [2.24, 2.45) is 0 Å². The number of Topliss-reactive ketones (excluding diaryl/α,β-unsaturated/α-hetero) is 1. The van der Waals surface area contributed by atoms with Gasteiger partial charge in [0.1, 0.15) is 0 Å². The maximum atomic E-state index is 12.5. The predicted molar refractivity (Wildman–Crippen MR) is 75.1 cm³/mol. The third kappa shape index (κ3) is 2.81. The van der Waals surface area contributed by atoms with Gasteiger partial charge in [-0.1, -0.05) is 18.6 Å². The Kier molecular flexibility index (Phi) is 4.18. The largest absolute Gasteiger partial charge is 0.294 e. The summed E-state index contributed by atoms with van der Waals surface area (Å²) in [5, 5.41) is 0. The Balaban J connectivity index is 2.11. The average molecular weight is 245 g/mol. The summed E-state index contributed by atoms with van der Waals surface area (Å²) >= 11 is 0. The number of carbonyl (C=O) groups excluding carboxylic acids is 1. The Hall–Kier alpha value is -1.15. The Morgan fingerprint density at radius 3 is 2.39 bits per heavy atom. The van der Waals surface area contributed by atoms with Gasteiger partial charge in [-0.15, -0.1) is 0 Å². The van der Waals surface area contributed by atoms with Crippen LogP contribution in [0.5, 0.6) is 0 Å². The minimum Gasteiger partial charge on any atom is -0.294 e. The summed E-state index contributed by atoms with van der Waals surface area (Å²) in [4.78, 5) is 14.8. The first-order valence-electron chi connectivity index (χ1n) is 6.95. The first kappa shape index (κ1) is 13.3. The molecule has 1 heterocycles. The first-order chi connectivity index (χ1) is 8.59. The fourth-order valence-corrected chi connectivity index (χ4v) is 2.61. The number of rotatable bonds is 3. The molecule has 1 saturated heterocycles. The lowest BCUT2D eigenvalue weighted by Gasteiger charge is -2.31. The Morgan fingerprint density at radius 2 is 1.78 bits per heavy atom. The van der Waals surface area contributed by atoms with Gasteiger partial charge in [-0.2, -0.15) is 0 Å². The zero-order chi connectivity index (χ0) is 13.1. The van der Waals surface area contributed by atoms with Crippen LogP contribution in [0.2, 0.25) is 0 Å². The highest BCUT2D eigenvalue weighted by molar-refractivity contribution is 6.00. The molecule has 0 spiro atoms. The van der Waals surface area contributed by atoms with Crippen molar-refractivity contribution in [3.05, 3.63) is 34.9 Å². The van der Waals surface area contributed by atoms with E-state index in [1.807, 2.05) is 25.1 Å². The van der Waals surface area contributed by atoms with Gasteiger partial charge < -0.3 is 0 Å². The third-order valence-corrected chi connectivity index (χ3v) is 4.11. The Morgan fingerprint density at radius 1 is 1.11 bits per heavy atom. The molecule has 1 unspecified atom stereocenters. The Bertz CT molecular complexity index is 433. The molecule has 1 fully saturated rings. The maximum Gasteiger partial charge on any atom is 0.179 e. The lowest BCUT2D eigenvalue weighted by atomic mass is 9.98. The van der Waals surface area contributed by atoms with Crippen LogP contribution < -0.4 is 0 Å². The number of likely N-dealkylation sites (tertiary alicyclic amines) is 1. The van der Waals surface area contributed by atoms with E-state index < -0.39 is 0 Å². The van der Waals surface area contributed by atoms with Crippen molar-refractivity contribution in [1.82, 2.24) is 4.90 Å². The number of ketones is 1. The van der Waals surface area contributed by atoms with Crippen LogP contribution in [0.4, 0.5) is 0 Å². The van der Waals surface area contributed by atoms with E-state index in [1.165, 1.54) is 30.4 Å². The molecule has 2 rings (SSSR count). The van der Waals surface area contributed by atoms with Crippen LogP contribution in [-0.4, -0.2) is 29.8 Å². The summed E-state index contributed by atoms with van der Waals surface area (Å²) in [5.74, 6) is 0.264. The minimum absolute atomic E-state index is 0.0207. The van der Waals surface area contributed by atoms with Gasteiger partial charge >= 0.3 is 0 Å². The molecule has 1 aliphatic rings. The molecule has 0 radical (unpaired) electrons. The van der Waals surface area contributed by atoms with Crippen LogP contribution in [0.15, 0.2) is 18.2 Å². The smallest absolute Gasteiger partial charge is 0.179 e. The second kappa shape index (κ2) is 5.66. The molecule has 1 aromatic carbocycles. The van der Waals surface area contributed by atoms with Gasteiger partial charge in [0.25, 0.3) is 0 Å². The van der Waals surface area contributed by atoms with Crippen molar-refractivity contribution >= 4 is 5.78 Å². The topological polar surface area (TPSA) is 20.3 Å². The van der Waals surface area contributed by atoms with Gasteiger partial charge in [0.05, 0.1) is 6.04 Å². The molecule has 18 heavy (non-hydrogen) atoms. The molecule has 1 atom stereocenters. The zero-order valence-corrected chi connectivity index (χ0v) is 11.7. The average Bonchev–Trinajstić information content (AvgIpc) is 2.41. The summed E-state index contributed by atoms with van der Waals surface area (Å²) in [7, 11) is 0. The molecule has 2 heteroatoms. The number of hydrogen-bond acceptors (Lipinski definition) is 2. The molecular formula is C16H23NO. The summed E-state index contributed by atoms with van der Waals surface area (Å²) in [5.41, 5.74) is 3.31. The lowest BCUT2D eigenvalue weighted by Crippen LogP contribution is -2.42. The van der Waals surface area contributed by atoms with Crippen LogP contribution >= 0.6 is 0 Å². The zero-order valence-electron chi connectivity index (χ0n) is 11.7. The number of nitrogens with zero attached hydrogens (tertiary/aromatic N) is 1. The van der Waals surface area contributed by atoms with E-state index in [0.717, 1.165) is 18.7 Å². The molecule has 2 nitrogen and oxygen atoms in total. The molecule has 1 aliphatic heterocycles. The van der Waals surface area contributed by atoms with Crippen LogP contribution in [0, 0.1) is 13.8 Å². The SMILES string of the molecule is Cc1ccc(C(=O)C(C)N2CCCCC2)cc1C. The van der Waals surface area contributed by atoms with Gasteiger partial charge in [0, 0.05) is 5.56 Å². The number of carbonyl (C=O) groups is 1. The highest BCUT2D eigenvalue weighted by Crippen LogP contribution is 2.17. The van der Waals surface area contributed by atoms with Gasteiger partial charge in [0.15, 0.2) is 5.78 Å². The van der Waals surface area contributed by atoms with E-state index in [0.29, 0.717) is 0 Å². The van der Waals surface area contributed by atoms with Gasteiger partial charge in [-0.3, -0.25) is 9.69 Å². The first-order valence-corrected chi connectivity index (χ1v) is 6.95.